The Hall–Kier alpha value is -2.48. The standard InChI is InChI=1S/C16H18FN3O4/c17-13-7-10(20-4-1-2-15(20)23)6-11-12(13)8-19(16(11)24)9-14(22)18-3-5-21/h6-7,21H,1-5,8-9H2,(H,18,22). The molecule has 7 nitrogen and oxygen atoms in total. The Balaban J connectivity index is 1.80. The van der Waals surface area contributed by atoms with Gasteiger partial charge in [-0.05, 0) is 18.6 Å². The number of benzene rings is 1. The number of hydrogen-bond donors (Lipinski definition) is 2. The summed E-state index contributed by atoms with van der Waals surface area (Å²) in [7, 11) is 0. The summed E-state index contributed by atoms with van der Waals surface area (Å²) >= 11 is 0. The molecule has 0 unspecified atom stereocenters. The Bertz CT molecular complexity index is 707. The van der Waals surface area contributed by atoms with Gasteiger partial charge in [0, 0.05) is 36.3 Å². The van der Waals surface area contributed by atoms with Crippen LogP contribution in [0.25, 0.3) is 0 Å². The number of hydrogen-bond acceptors (Lipinski definition) is 4. The summed E-state index contributed by atoms with van der Waals surface area (Å²) in [5, 5.41) is 11.1. The fourth-order valence-corrected chi connectivity index (χ4v) is 3.04. The van der Waals surface area contributed by atoms with Gasteiger partial charge in [-0.1, -0.05) is 0 Å². The summed E-state index contributed by atoms with van der Waals surface area (Å²) in [4.78, 5) is 38.7. The quantitative estimate of drug-likeness (QED) is 0.794. The van der Waals surface area contributed by atoms with Crippen LogP contribution in [-0.2, 0) is 16.1 Å². The second-order valence-electron chi connectivity index (χ2n) is 5.84. The highest BCUT2D eigenvalue weighted by molar-refractivity contribution is 6.03. The minimum Gasteiger partial charge on any atom is -0.395 e. The molecule has 128 valence electrons. The van der Waals surface area contributed by atoms with E-state index in [0.29, 0.717) is 25.1 Å². The minimum atomic E-state index is -0.547. The highest BCUT2D eigenvalue weighted by Crippen LogP contribution is 2.31. The van der Waals surface area contributed by atoms with Crippen LogP contribution >= 0.6 is 0 Å². The van der Waals surface area contributed by atoms with Crippen molar-refractivity contribution in [2.75, 3.05) is 31.1 Å². The van der Waals surface area contributed by atoms with Crippen LogP contribution in [0.3, 0.4) is 0 Å². The monoisotopic (exact) mass is 335 g/mol. The van der Waals surface area contributed by atoms with E-state index in [9.17, 15) is 18.8 Å². The maximum atomic E-state index is 14.4. The number of halogens is 1. The van der Waals surface area contributed by atoms with Crippen LogP contribution in [0.15, 0.2) is 12.1 Å². The highest BCUT2D eigenvalue weighted by atomic mass is 19.1. The molecule has 2 N–H and O–H groups in total. The largest absolute Gasteiger partial charge is 0.395 e. The summed E-state index contributed by atoms with van der Waals surface area (Å²) in [6, 6.07) is 2.79. The summed E-state index contributed by atoms with van der Waals surface area (Å²) in [5.74, 6) is -1.48. The van der Waals surface area contributed by atoms with Gasteiger partial charge < -0.3 is 20.2 Å². The van der Waals surface area contributed by atoms with Gasteiger partial charge in [0.05, 0.1) is 13.2 Å². The first-order valence-corrected chi connectivity index (χ1v) is 7.81. The third kappa shape index (κ3) is 2.96. The molecule has 0 spiro atoms. The minimum absolute atomic E-state index is 0.0147. The lowest BCUT2D eigenvalue weighted by Gasteiger charge is -2.16. The van der Waals surface area contributed by atoms with Gasteiger partial charge in [0.15, 0.2) is 0 Å². The van der Waals surface area contributed by atoms with E-state index in [2.05, 4.69) is 5.32 Å². The van der Waals surface area contributed by atoms with Gasteiger partial charge in [0.2, 0.25) is 11.8 Å². The number of anilines is 1. The summed E-state index contributed by atoms with van der Waals surface area (Å²) < 4.78 is 14.4. The molecule has 2 aliphatic heterocycles. The van der Waals surface area contributed by atoms with E-state index < -0.39 is 17.6 Å². The first-order chi connectivity index (χ1) is 11.5. The van der Waals surface area contributed by atoms with Crippen molar-refractivity contribution in [3.63, 3.8) is 0 Å². The van der Waals surface area contributed by atoms with E-state index >= 15 is 0 Å². The smallest absolute Gasteiger partial charge is 0.255 e. The summed E-state index contributed by atoms with van der Waals surface area (Å²) in [6.07, 6.45) is 1.13. The van der Waals surface area contributed by atoms with E-state index in [1.807, 2.05) is 0 Å². The molecule has 0 bridgehead atoms. The molecule has 3 rings (SSSR count). The van der Waals surface area contributed by atoms with Crippen LogP contribution < -0.4 is 10.2 Å². The van der Waals surface area contributed by atoms with Crippen molar-refractivity contribution in [3.05, 3.63) is 29.1 Å². The lowest BCUT2D eigenvalue weighted by molar-refractivity contribution is -0.122. The molecule has 0 aromatic heterocycles. The Labute approximate surface area is 138 Å². The van der Waals surface area contributed by atoms with Gasteiger partial charge in [0.25, 0.3) is 5.91 Å². The average molecular weight is 335 g/mol. The third-order valence-corrected chi connectivity index (χ3v) is 4.20. The Morgan fingerprint density at radius 2 is 2.12 bits per heavy atom. The lowest BCUT2D eigenvalue weighted by Crippen LogP contribution is -2.38. The van der Waals surface area contributed by atoms with Crippen LogP contribution in [0, 0.1) is 5.82 Å². The number of nitrogens with zero attached hydrogens (tertiary/aromatic N) is 2. The van der Waals surface area contributed by atoms with Gasteiger partial charge in [-0.3, -0.25) is 14.4 Å². The number of nitrogens with one attached hydrogen (secondary N) is 1. The van der Waals surface area contributed by atoms with Crippen LogP contribution in [0.4, 0.5) is 10.1 Å². The first kappa shape index (κ1) is 16.4. The molecule has 1 aromatic rings. The number of carbonyl (C=O) groups is 3. The fraction of sp³-hybridized carbons (Fsp3) is 0.438. The SMILES string of the molecule is O=C(CN1Cc2c(F)cc(N3CCCC3=O)cc2C1=O)NCCO. The summed E-state index contributed by atoms with van der Waals surface area (Å²) in [6.45, 7) is 0.232. The van der Waals surface area contributed by atoms with Gasteiger partial charge >= 0.3 is 0 Å². The predicted octanol–water partition coefficient (Wildman–Crippen LogP) is 0.0168. The van der Waals surface area contributed by atoms with Crippen molar-refractivity contribution < 1.29 is 23.9 Å². The van der Waals surface area contributed by atoms with Crippen LogP contribution in [0.5, 0.6) is 0 Å². The number of rotatable bonds is 5. The van der Waals surface area contributed by atoms with Crippen LogP contribution in [-0.4, -0.2) is 54.0 Å². The maximum absolute atomic E-state index is 14.4. The molecule has 24 heavy (non-hydrogen) atoms. The number of amides is 3. The normalized spacial score (nSPS) is 16.8. The second-order valence-corrected chi connectivity index (χ2v) is 5.84. The molecule has 0 atom stereocenters. The average Bonchev–Trinajstić information content (AvgIpc) is 3.11. The molecule has 0 saturated carbocycles. The molecular weight excluding hydrogens is 317 g/mol. The van der Waals surface area contributed by atoms with Crippen molar-refractivity contribution in [1.82, 2.24) is 10.2 Å². The first-order valence-electron chi connectivity index (χ1n) is 7.81. The molecule has 3 amide bonds. The van der Waals surface area contributed by atoms with Crippen molar-refractivity contribution in [2.45, 2.75) is 19.4 Å². The zero-order valence-corrected chi connectivity index (χ0v) is 13.0. The molecule has 0 radical (unpaired) electrons. The topological polar surface area (TPSA) is 90.0 Å². The van der Waals surface area contributed by atoms with Crippen LogP contribution in [0.2, 0.25) is 0 Å². The van der Waals surface area contributed by atoms with Gasteiger partial charge in [0.1, 0.15) is 12.4 Å². The molecule has 2 aliphatic rings. The zero-order chi connectivity index (χ0) is 17.3. The second kappa shape index (κ2) is 6.56. The molecule has 1 aromatic carbocycles. The van der Waals surface area contributed by atoms with Crippen molar-refractivity contribution >= 4 is 23.4 Å². The van der Waals surface area contributed by atoms with Gasteiger partial charge in [-0.2, -0.15) is 0 Å². The Kier molecular flexibility index (Phi) is 4.48. The zero-order valence-electron chi connectivity index (χ0n) is 13.0. The van der Waals surface area contributed by atoms with E-state index in [-0.39, 0.29) is 43.3 Å². The maximum Gasteiger partial charge on any atom is 0.255 e. The molecule has 1 saturated heterocycles. The molecule has 8 heteroatoms. The number of fused-ring (bicyclic) bond motifs is 1. The summed E-state index contributed by atoms with van der Waals surface area (Å²) in [5.41, 5.74) is 0.818. The molecule has 1 fully saturated rings. The van der Waals surface area contributed by atoms with Crippen LogP contribution in [0.1, 0.15) is 28.8 Å². The molecular formula is C16H18FN3O4. The van der Waals surface area contributed by atoms with Gasteiger partial charge in [-0.15, -0.1) is 0 Å². The van der Waals surface area contributed by atoms with Gasteiger partial charge in [-0.25, -0.2) is 4.39 Å². The molecule has 2 heterocycles. The Morgan fingerprint density at radius 3 is 2.79 bits per heavy atom. The number of aliphatic hydroxyl groups excluding tert-OH is 1. The third-order valence-electron chi connectivity index (χ3n) is 4.20. The number of aliphatic hydroxyl groups is 1. The molecule has 0 aliphatic carbocycles. The highest BCUT2D eigenvalue weighted by Gasteiger charge is 2.33. The van der Waals surface area contributed by atoms with E-state index in [0.717, 1.165) is 0 Å². The number of carbonyl (C=O) groups excluding carboxylic acids is 3. The van der Waals surface area contributed by atoms with E-state index in [4.69, 9.17) is 5.11 Å². The fourth-order valence-electron chi connectivity index (χ4n) is 3.04. The van der Waals surface area contributed by atoms with Crippen molar-refractivity contribution in [2.24, 2.45) is 0 Å². The van der Waals surface area contributed by atoms with Crippen molar-refractivity contribution in [1.29, 1.82) is 0 Å². The van der Waals surface area contributed by atoms with Crippen molar-refractivity contribution in [3.8, 4) is 0 Å². The lowest BCUT2D eigenvalue weighted by atomic mass is 10.1. The van der Waals surface area contributed by atoms with E-state index in [1.54, 1.807) is 0 Å². The van der Waals surface area contributed by atoms with E-state index in [1.165, 1.54) is 21.9 Å². The predicted molar refractivity (Wildman–Crippen MR) is 82.8 cm³/mol. The Morgan fingerprint density at radius 1 is 1.33 bits per heavy atom.